The quantitative estimate of drug-likeness (QED) is 0.560. The molecular formula is C17H18ClN. The topological polar surface area (TPSA) is 12.4 Å². The van der Waals surface area contributed by atoms with Gasteiger partial charge in [-0.2, -0.15) is 0 Å². The summed E-state index contributed by atoms with van der Waals surface area (Å²) in [6, 6.07) is 18.4. The Labute approximate surface area is 120 Å². The highest BCUT2D eigenvalue weighted by Gasteiger charge is 2.14. The van der Waals surface area contributed by atoms with Gasteiger partial charge in [-0.3, -0.25) is 4.99 Å². The van der Waals surface area contributed by atoms with Gasteiger partial charge in [-0.25, -0.2) is 0 Å². The molecule has 0 aliphatic carbocycles. The fourth-order valence-electron chi connectivity index (χ4n) is 1.85. The van der Waals surface area contributed by atoms with Crippen molar-refractivity contribution >= 4 is 17.8 Å². The molecule has 0 aromatic heterocycles. The van der Waals surface area contributed by atoms with E-state index in [1.807, 2.05) is 43.5 Å². The van der Waals surface area contributed by atoms with E-state index in [9.17, 15) is 0 Å². The molecule has 0 N–H and O–H groups in total. The lowest BCUT2D eigenvalue weighted by atomic mass is 10.1. The van der Waals surface area contributed by atoms with Gasteiger partial charge in [-0.05, 0) is 25.0 Å². The van der Waals surface area contributed by atoms with Crippen LogP contribution in [0.1, 0.15) is 29.0 Å². The van der Waals surface area contributed by atoms with Gasteiger partial charge in [0.15, 0.2) is 0 Å². The molecule has 0 spiro atoms. The average molecular weight is 272 g/mol. The van der Waals surface area contributed by atoms with E-state index in [1.165, 1.54) is 5.56 Å². The van der Waals surface area contributed by atoms with Crippen LogP contribution in [0.25, 0.3) is 0 Å². The normalized spacial score (nSPS) is 14.5. The number of alkyl halides is 1. The molecule has 0 heterocycles. The zero-order valence-electron chi connectivity index (χ0n) is 11.3. The Balaban J connectivity index is 2.04. The second-order valence-corrected chi connectivity index (χ2v) is 5.21. The predicted octanol–water partition coefficient (Wildman–Crippen LogP) is 4.78. The summed E-state index contributed by atoms with van der Waals surface area (Å²) >= 11 is 6.43. The maximum Gasteiger partial charge on any atom is 0.0806 e. The molecule has 0 saturated carbocycles. The highest BCUT2D eigenvalue weighted by Crippen LogP contribution is 2.25. The first-order valence-electron chi connectivity index (χ1n) is 6.45. The van der Waals surface area contributed by atoms with Crippen molar-refractivity contribution in [3.05, 3.63) is 71.3 Å². The maximum absolute atomic E-state index is 6.43. The molecule has 0 amide bonds. The van der Waals surface area contributed by atoms with Crippen molar-refractivity contribution in [1.82, 2.24) is 0 Å². The Bertz CT molecular complexity index is 531. The first kappa shape index (κ1) is 13.8. The lowest BCUT2D eigenvalue weighted by molar-refractivity contribution is 0.719. The zero-order valence-corrected chi connectivity index (χ0v) is 12.0. The van der Waals surface area contributed by atoms with Gasteiger partial charge in [0.1, 0.15) is 0 Å². The smallest absolute Gasteiger partial charge is 0.0806 e. The lowest BCUT2D eigenvalue weighted by Crippen LogP contribution is -2.07. The summed E-state index contributed by atoms with van der Waals surface area (Å²) < 4.78 is 0. The van der Waals surface area contributed by atoms with E-state index in [0.29, 0.717) is 0 Å². The fourth-order valence-corrected chi connectivity index (χ4v) is 2.06. The van der Waals surface area contributed by atoms with Gasteiger partial charge in [0, 0.05) is 6.21 Å². The van der Waals surface area contributed by atoms with Crippen LogP contribution in [-0.4, -0.2) is 12.3 Å². The second-order valence-electron chi connectivity index (χ2n) is 4.74. The first-order valence-corrected chi connectivity index (χ1v) is 6.89. The van der Waals surface area contributed by atoms with Crippen LogP contribution in [-0.2, 0) is 0 Å². The molecule has 0 aliphatic heterocycles. The fraction of sp³-hybridized carbons (Fsp3) is 0.235. The lowest BCUT2D eigenvalue weighted by Gasteiger charge is -2.14. The predicted molar refractivity (Wildman–Crippen MR) is 83.3 cm³/mol. The molecule has 0 fully saturated rings. The molecule has 2 aromatic rings. The molecule has 98 valence electrons. The Morgan fingerprint density at radius 3 is 2.26 bits per heavy atom. The SMILES string of the molecule is Cc1ccc(C=N[C@@H](C)[C@@H](Cl)c2ccccc2)cc1. The van der Waals surface area contributed by atoms with Crippen LogP contribution in [0.3, 0.4) is 0 Å². The molecular weight excluding hydrogens is 254 g/mol. The highest BCUT2D eigenvalue weighted by atomic mass is 35.5. The number of nitrogens with zero attached hydrogens (tertiary/aromatic N) is 1. The van der Waals surface area contributed by atoms with Crippen LogP contribution in [0.2, 0.25) is 0 Å². The third-order valence-electron chi connectivity index (χ3n) is 3.08. The van der Waals surface area contributed by atoms with Gasteiger partial charge in [0.05, 0.1) is 11.4 Å². The summed E-state index contributed by atoms with van der Waals surface area (Å²) in [5.74, 6) is 0. The monoisotopic (exact) mass is 271 g/mol. The van der Waals surface area contributed by atoms with Gasteiger partial charge in [-0.15, -0.1) is 11.6 Å². The number of benzene rings is 2. The summed E-state index contributed by atoms with van der Waals surface area (Å²) in [7, 11) is 0. The zero-order chi connectivity index (χ0) is 13.7. The summed E-state index contributed by atoms with van der Waals surface area (Å²) in [5.41, 5.74) is 3.47. The van der Waals surface area contributed by atoms with Crippen molar-refractivity contribution in [2.45, 2.75) is 25.3 Å². The van der Waals surface area contributed by atoms with Crippen molar-refractivity contribution < 1.29 is 0 Å². The van der Waals surface area contributed by atoms with Gasteiger partial charge in [0.2, 0.25) is 0 Å². The molecule has 0 saturated heterocycles. The molecule has 0 radical (unpaired) electrons. The number of aryl methyl sites for hydroxylation is 1. The van der Waals surface area contributed by atoms with Crippen LogP contribution in [0.4, 0.5) is 0 Å². The largest absolute Gasteiger partial charge is 0.288 e. The number of aliphatic imine (C=N–C) groups is 1. The number of rotatable bonds is 4. The molecule has 19 heavy (non-hydrogen) atoms. The summed E-state index contributed by atoms with van der Waals surface area (Å²) in [6.45, 7) is 4.11. The van der Waals surface area contributed by atoms with Crippen LogP contribution in [0, 0.1) is 6.92 Å². The van der Waals surface area contributed by atoms with E-state index in [4.69, 9.17) is 11.6 Å². The van der Waals surface area contributed by atoms with Gasteiger partial charge in [0.25, 0.3) is 0 Å². The Morgan fingerprint density at radius 1 is 1.00 bits per heavy atom. The molecule has 2 heteroatoms. The van der Waals surface area contributed by atoms with Crippen molar-refractivity contribution in [3.63, 3.8) is 0 Å². The van der Waals surface area contributed by atoms with Gasteiger partial charge in [-0.1, -0.05) is 60.2 Å². The van der Waals surface area contributed by atoms with E-state index in [-0.39, 0.29) is 11.4 Å². The van der Waals surface area contributed by atoms with E-state index in [0.717, 1.165) is 11.1 Å². The van der Waals surface area contributed by atoms with E-state index >= 15 is 0 Å². The Kier molecular flexibility index (Phi) is 4.75. The van der Waals surface area contributed by atoms with Crippen molar-refractivity contribution in [2.24, 2.45) is 4.99 Å². The van der Waals surface area contributed by atoms with Crippen LogP contribution < -0.4 is 0 Å². The van der Waals surface area contributed by atoms with E-state index < -0.39 is 0 Å². The summed E-state index contributed by atoms with van der Waals surface area (Å²) in [5, 5.41) is -0.0945. The number of hydrogen-bond donors (Lipinski definition) is 0. The third-order valence-corrected chi connectivity index (χ3v) is 3.69. The second kappa shape index (κ2) is 6.53. The molecule has 2 rings (SSSR count). The molecule has 0 bridgehead atoms. The maximum atomic E-state index is 6.43. The third kappa shape index (κ3) is 3.93. The van der Waals surface area contributed by atoms with E-state index in [2.05, 4.69) is 36.2 Å². The molecule has 0 unspecified atom stereocenters. The molecule has 2 aromatic carbocycles. The average Bonchev–Trinajstić information content (AvgIpc) is 2.46. The Hall–Kier alpha value is -1.60. The minimum Gasteiger partial charge on any atom is -0.288 e. The molecule has 0 aliphatic rings. The first-order chi connectivity index (χ1) is 9.16. The number of halogens is 1. The molecule has 2 atom stereocenters. The van der Waals surface area contributed by atoms with Gasteiger partial charge < -0.3 is 0 Å². The van der Waals surface area contributed by atoms with Crippen molar-refractivity contribution in [2.75, 3.05) is 0 Å². The van der Waals surface area contributed by atoms with Crippen LogP contribution >= 0.6 is 11.6 Å². The standard InChI is InChI=1S/C17H18ClN/c1-13-8-10-15(11-9-13)12-19-14(2)17(18)16-6-4-3-5-7-16/h3-12,14,17H,1-2H3/t14-,17+/m0/s1. The van der Waals surface area contributed by atoms with Gasteiger partial charge >= 0.3 is 0 Å². The van der Waals surface area contributed by atoms with Crippen molar-refractivity contribution in [1.29, 1.82) is 0 Å². The minimum absolute atomic E-state index is 0.0466. The van der Waals surface area contributed by atoms with E-state index in [1.54, 1.807) is 0 Å². The summed E-state index contributed by atoms with van der Waals surface area (Å²) in [4.78, 5) is 4.54. The molecule has 1 nitrogen and oxygen atoms in total. The van der Waals surface area contributed by atoms with Crippen LogP contribution in [0.15, 0.2) is 59.6 Å². The number of hydrogen-bond acceptors (Lipinski definition) is 1. The van der Waals surface area contributed by atoms with Crippen LogP contribution in [0.5, 0.6) is 0 Å². The highest BCUT2D eigenvalue weighted by molar-refractivity contribution is 6.21. The Morgan fingerprint density at radius 2 is 1.63 bits per heavy atom. The minimum atomic E-state index is -0.0945. The summed E-state index contributed by atoms with van der Waals surface area (Å²) in [6.07, 6.45) is 1.89. The van der Waals surface area contributed by atoms with Crippen molar-refractivity contribution in [3.8, 4) is 0 Å².